The number of carbonyl (C=O) groups excluding carboxylic acids is 1. The fourth-order valence-electron chi connectivity index (χ4n) is 2.67. The maximum absolute atomic E-state index is 11.7. The molecule has 1 N–H and O–H groups in total. The van der Waals surface area contributed by atoms with Crippen molar-refractivity contribution < 1.29 is 9.53 Å². The first-order valence-electron chi connectivity index (χ1n) is 8.25. The Labute approximate surface area is 153 Å². The molecule has 136 valence electrons. The number of aryl methyl sites for hydroxylation is 1. The highest BCUT2D eigenvalue weighted by atomic mass is 32.2. The van der Waals surface area contributed by atoms with Gasteiger partial charge in [-0.3, -0.25) is 4.79 Å². The molecule has 6 nitrogen and oxygen atoms in total. The van der Waals surface area contributed by atoms with E-state index >= 15 is 0 Å². The van der Waals surface area contributed by atoms with Gasteiger partial charge in [-0.25, -0.2) is 9.67 Å². The lowest BCUT2D eigenvalue weighted by atomic mass is 10.1. The summed E-state index contributed by atoms with van der Waals surface area (Å²) in [5, 5.41) is 7.65. The Bertz CT molecular complexity index is 730. The van der Waals surface area contributed by atoms with Crippen LogP contribution in [-0.2, 0) is 16.1 Å². The van der Waals surface area contributed by atoms with Crippen LogP contribution < -0.4 is 5.32 Å². The number of ether oxygens (including phenoxy) is 1. The lowest BCUT2D eigenvalue weighted by Crippen LogP contribution is -2.29. The summed E-state index contributed by atoms with van der Waals surface area (Å²) in [6, 6.07) is 5.91. The van der Waals surface area contributed by atoms with E-state index in [0.29, 0.717) is 12.4 Å². The van der Waals surface area contributed by atoms with Crippen LogP contribution in [-0.4, -0.2) is 39.8 Å². The average Bonchev–Trinajstić information content (AvgIpc) is 2.97. The molecular weight excluding hydrogens is 336 g/mol. The molecule has 1 aromatic heterocycles. The standard InChI is InChI=1S/C18H26N4O2S/c1-12-7-6-8-16(13(12)2)22-18(20-17(21-22)11-24-4)15(9-10-25-5)19-14(3)23/h6-8,15H,9-11H2,1-5H3,(H,19,23)/t15-/m0/s1. The zero-order chi connectivity index (χ0) is 18.4. The van der Waals surface area contributed by atoms with Crippen LogP contribution in [0.2, 0.25) is 0 Å². The van der Waals surface area contributed by atoms with Gasteiger partial charge in [-0.2, -0.15) is 11.8 Å². The number of aromatic nitrogens is 3. The van der Waals surface area contributed by atoms with Crippen LogP contribution in [0.15, 0.2) is 18.2 Å². The first-order chi connectivity index (χ1) is 12.0. The summed E-state index contributed by atoms with van der Waals surface area (Å²) in [4.78, 5) is 16.3. The van der Waals surface area contributed by atoms with Crippen molar-refractivity contribution in [2.24, 2.45) is 0 Å². The molecule has 0 aliphatic heterocycles. The van der Waals surface area contributed by atoms with E-state index in [1.807, 2.05) is 16.8 Å². The predicted octanol–water partition coefficient (Wildman–Crippen LogP) is 2.96. The topological polar surface area (TPSA) is 69.0 Å². The first kappa shape index (κ1) is 19.5. The van der Waals surface area contributed by atoms with E-state index in [9.17, 15) is 4.79 Å². The van der Waals surface area contributed by atoms with Gasteiger partial charge in [0.05, 0.1) is 11.7 Å². The van der Waals surface area contributed by atoms with Gasteiger partial charge in [-0.05, 0) is 49.5 Å². The zero-order valence-corrected chi connectivity index (χ0v) is 16.3. The Morgan fingerprint density at radius 1 is 1.40 bits per heavy atom. The lowest BCUT2D eigenvalue weighted by Gasteiger charge is -2.19. The monoisotopic (exact) mass is 362 g/mol. The fourth-order valence-corrected chi connectivity index (χ4v) is 3.15. The third kappa shape index (κ3) is 4.83. The van der Waals surface area contributed by atoms with Gasteiger partial charge >= 0.3 is 0 Å². The van der Waals surface area contributed by atoms with E-state index in [1.165, 1.54) is 12.5 Å². The Kier molecular flexibility index (Phi) is 7.01. The number of thioether (sulfide) groups is 1. The second kappa shape index (κ2) is 9.01. The van der Waals surface area contributed by atoms with Crippen LogP contribution in [0.3, 0.4) is 0 Å². The third-order valence-electron chi connectivity index (χ3n) is 4.05. The first-order valence-corrected chi connectivity index (χ1v) is 9.64. The summed E-state index contributed by atoms with van der Waals surface area (Å²) < 4.78 is 7.04. The number of nitrogens with one attached hydrogen (secondary N) is 1. The Hall–Kier alpha value is -1.86. The molecule has 0 spiro atoms. The van der Waals surface area contributed by atoms with Crippen molar-refractivity contribution in [3.63, 3.8) is 0 Å². The summed E-state index contributed by atoms with van der Waals surface area (Å²) in [7, 11) is 1.62. The third-order valence-corrected chi connectivity index (χ3v) is 4.70. The van der Waals surface area contributed by atoms with E-state index in [4.69, 9.17) is 4.74 Å². The molecule has 0 radical (unpaired) electrons. The van der Waals surface area contributed by atoms with Crippen LogP contribution in [0, 0.1) is 13.8 Å². The molecule has 0 fully saturated rings. The smallest absolute Gasteiger partial charge is 0.217 e. The molecular formula is C18H26N4O2S. The van der Waals surface area contributed by atoms with Gasteiger partial charge in [-0.15, -0.1) is 5.10 Å². The number of hydrogen-bond donors (Lipinski definition) is 1. The summed E-state index contributed by atoms with van der Waals surface area (Å²) in [5.74, 6) is 2.20. The number of amides is 1. The molecule has 1 atom stereocenters. The Morgan fingerprint density at radius 2 is 2.16 bits per heavy atom. The largest absolute Gasteiger partial charge is 0.377 e. The zero-order valence-electron chi connectivity index (χ0n) is 15.5. The maximum Gasteiger partial charge on any atom is 0.217 e. The van der Waals surface area contributed by atoms with E-state index in [1.54, 1.807) is 18.9 Å². The van der Waals surface area contributed by atoms with Crippen molar-refractivity contribution >= 4 is 17.7 Å². The van der Waals surface area contributed by atoms with Crippen molar-refractivity contribution in [3.05, 3.63) is 41.0 Å². The Balaban J connectivity index is 2.53. The molecule has 0 saturated heterocycles. The van der Waals surface area contributed by atoms with E-state index < -0.39 is 0 Å². The van der Waals surface area contributed by atoms with Crippen molar-refractivity contribution in [1.29, 1.82) is 0 Å². The van der Waals surface area contributed by atoms with Crippen molar-refractivity contribution in [1.82, 2.24) is 20.1 Å². The number of rotatable bonds is 8. The van der Waals surface area contributed by atoms with E-state index in [2.05, 4.69) is 41.6 Å². The van der Waals surface area contributed by atoms with Gasteiger partial charge in [0.15, 0.2) is 11.6 Å². The highest BCUT2D eigenvalue weighted by molar-refractivity contribution is 7.98. The second-order valence-electron chi connectivity index (χ2n) is 5.98. The van der Waals surface area contributed by atoms with E-state index in [-0.39, 0.29) is 11.9 Å². The average molecular weight is 362 g/mol. The van der Waals surface area contributed by atoms with Gasteiger partial charge in [0.25, 0.3) is 0 Å². The number of methoxy groups -OCH3 is 1. The SMILES string of the molecule is COCc1nc([C@H](CCSC)NC(C)=O)n(-c2cccc(C)c2C)n1. The van der Waals surface area contributed by atoms with Gasteiger partial charge in [-0.1, -0.05) is 12.1 Å². The molecule has 0 saturated carbocycles. The highest BCUT2D eigenvalue weighted by Crippen LogP contribution is 2.24. The quantitative estimate of drug-likeness (QED) is 0.782. The molecule has 0 aliphatic carbocycles. The Morgan fingerprint density at radius 3 is 2.80 bits per heavy atom. The fraction of sp³-hybridized carbons (Fsp3) is 0.500. The molecule has 0 aliphatic rings. The minimum atomic E-state index is -0.192. The number of nitrogens with zero attached hydrogens (tertiary/aromatic N) is 3. The number of carbonyl (C=O) groups is 1. The van der Waals surface area contributed by atoms with E-state index in [0.717, 1.165) is 29.2 Å². The maximum atomic E-state index is 11.7. The van der Waals surface area contributed by atoms with Gasteiger partial charge in [0, 0.05) is 14.0 Å². The van der Waals surface area contributed by atoms with Crippen LogP contribution in [0.25, 0.3) is 5.69 Å². The summed E-state index contributed by atoms with van der Waals surface area (Å²) in [6.45, 7) is 6.01. The van der Waals surface area contributed by atoms with Crippen molar-refractivity contribution in [2.45, 2.75) is 39.8 Å². The molecule has 1 heterocycles. The molecule has 1 aromatic carbocycles. The minimum Gasteiger partial charge on any atom is -0.377 e. The summed E-state index contributed by atoms with van der Waals surface area (Å²) >= 11 is 1.74. The molecule has 1 amide bonds. The number of benzene rings is 1. The van der Waals surface area contributed by atoms with Gasteiger partial charge < -0.3 is 10.1 Å². The van der Waals surface area contributed by atoms with Gasteiger partial charge in [0.1, 0.15) is 6.61 Å². The minimum absolute atomic E-state index is 0.0742. The van der Waals surface area contributed by atoms with Gasteiger partial charge in [0.2, 0.25) is 5.91 Å². The predicted molar refractivity (Wildman–Crippen MR) is 101 cm³/mol. The number of hydrogen-bond acceptors (Lipinski definition) is 5. The van der Waals surface area contributed by atoms with Crippen molar-refractivity contribution in [3.8, 4) is 5.69 Å². The van der Waals surface area contributed by atoms with Crippen molar-refractivity contribution in [2.75, 3.05) is 19.1 Å². The van der Waals surface area contributed by atoms with Crippen LogP contribution in [0.1, 0.15) is 42.2 Å². The molecule has 0 bridgehead atoms. The highest BCUT2D eigenvalue weighted by Gasteiger charge is 2.23. The summed E-state index contributed by atoms with van der Waals surface area (Å²) in [6.07, 6.45) is 2.84. The van der Waals surface area contributed by atoms with Crippen LogP contribution in [0.4, 0.5) is 0 Å². The molecule has 25 heavy (non-hydrogen) atoms. The van der Waals surface area contributed by atoms with Crippen LogP contribution >= 0.6 is 11.8 Å². The molecule has 2 rings (SSSR count). The summed E-state index contributed by atoms with van der Waals surface area (Å²) in [5.41, 5.74) is 3.31. The van der Waals surface area contributed by atoms with Crippen LogP contribution in [0.5, 0.6) is 0 Å². The molecule has 0 unspecified atom stereocenters. The molecule has 2 aromatic rings. The molecule has 7 heteroatoms. The second-order valence-corrected chi connectivity index (χ2v) is 6.97. The normalized spacial score (nSPS) is 12.2. The lowest BCUT2D eigenvalue weighted by molar-refractivity contribution is -0.119.